The van der Waals surface area contributed by atoms with Crippen molar-refractivity contribution in [3.05, 3.63) is 54.0 Å². The summed E-state index contributed by atoms with van der Waals surface area (Å²) in [5, 5.41) is 11.0. The first-order chi connectivity index (χ1) is 13.5. The van der Waals surface area contributed by atoms with E-state index in [2.05, 4.69) is 5.32 Å². The van der Waals surface area contributed by atoms with E-state index in [0.717, 1.165) is 0 Å². The van der Waals surface area contributed by atoms with Gasteiger partial charge in [0.2, 0.25) is 5.91 Å². The number of anilines is 1. The molecular weight excluding hydrogens is 382 g/mol. The Labute approximate surface area is 165 Å². The molecular formula is C19H17N3O5S. The summed E-state index contributed by atoms with van der Waals surface area (Å²) in [4.78, 5) is 37.9. The summed E-state index contributed by atoms with van der Waals surface area (Å²) >= 11 is 1.39. The van der Waals surface area contributed by atoms with Crippen molar-refractivity contribution >= 4 is 35.2 Å². The summed E-state index contributed by atoms with van der Waals surface area (Å²) in [5.41, 5.74) is 0.832. The summed E-state index contributed by atoms with van der Waals surface area (Å²) in [5.74, 6) is -0.559. The Balaban J connectivity index is 1.58. The summed E-state index contributed by atoms with van der Waals surface area (Å²) in [7, 11) is 0. The third kappa shape index (κ3) is 4.35. The van der Waals surface area contributed by atoms with E-state index < -0.39 is 29.9 Å². The average molecular weight is 399 g/mol. The minimum absolute atomic E-state index is 0.286. The van der Waals surface area contributed by atoms with Gasteiger partial charge in [-0.2, -0.15) is 5.26 Å². The molecule has 1 fully saturated rings. The molecule has 0 bridgehead atoms. The van der Waals surface area contributed by atoms with Gasteiger partial charge in [0.25, 0.3) is 5.91 Å². The van der Waals surface area contributed by atoms with Gasteiger partial charge in [0, 0.05) is 18.4 Å². The molecule has 1 aliphatic rings. The van der Waals surface area contributed by atoms with Crippen molar-refractivity contribution in [3.8, 4) is 6.07 Å². The van der Waals surface area contributed by atoms with Crippen LogP contribution in [0.15, 0.2) is 47.1 Å². The number of nitrogens with one attached hydrogen (secondary N) is 1. The molecule has 1 aliphatic heterocycles. The van der Waals surface area contributed by atoms with Crippen molar-refractivity contribution in [1.82, 2.24) is 4.90 Å². The Morgan fingerprint density at radius 1 is 1.36 bits per heavy atom. The van der Waals surface area contributed by atoms with Gasteiger partial charge in [0.15, 0.2) is 6.61 Å². The molecule has 0 aliphatic carbocycles. The van der Waals surface area contributed by atoms with Gasteiger partial charge >= 0.3 is 5.97 Å². The Morgan fingerprint density at radius 3 is 2.86 bits per heavy atom. The lowest BCUT2D eigenvalue weighted by Gasteiger charge is -2.25. The number of carbonyl (C=O) groups excluding carboxylic acids is 3. The van der Waals surface area contributed by atoms with Gasteiger partial charge in [-0.05, 0) is 30.3 Å². The number of nitrogens with zero attached hydrogens (tertiary/aromatic N) is 2. The molecule has 28 heavy (non-hydrogen) atoms. The Kier molecular flexibility index (Phi) is 6.01. The number of esters is 1. The molecule has 2 aromatic rings. The maximum Gasteiger partial charge on any atom is 0.330 e. The van der Waals surface area contributed by atoms with Crippen LogP contribution in [0.2, 0.25) is 0 Å². The van der Waals surface area contributed by atoms with Crippen LogP contribution in [0.4, 0.5) is 5.69 Å². The van der Waals surface area contributed by atoms with E-state index in [0.29, 0.717) is 22.8 Å². The van der Waals surface area contributed by atoms with Crippen LogP contribution in [-0.4, -0.2) is 41.1 Å². The van der Waals surface area contributed by atoms with Crippen molar-refractivity contribution < 1.29 is 23.5 Å². The van der Waals surface area contributed by atoms with E-state index >= 15 is 0 Å². The van der Waals surface area contributed by atoms with Crippen LogP contribution in [-0.2, 0) is 19.1 Å². The van der Waals surface area contributed by atoms with Crippen molar-refractivity contribution in [2.75, 3.05) is 17.7 Å². The summed E-state index contributed by atoms with van der Waals surface area (Å²) in [6, 6.07) is 11.0. The molecule has 1 aromatic carbocycles. The molecule has 9 heteroatoms. The highest BCUT2D eigenvalue weighted by Gasteiger charge is 2.43. The normalized spacial score (nSPS) is 18.4. The highest BCUT2D eigenvalue weighted by Crippen LogP contribution is 2.41. The van der Waals surface area contributed by atoms with Gasteiger partial charge in [-0.15, -0.1) is 11.8 Å². The van der Waals surface area contributed by atoms with Crippen molar-refractivity contribution in [2.24, 2.45) is 0 Å². The highest BCUT2D eigenvalue weighted by atomic mass is 32.2. The van der Waals surface area contributed by atoms with Crippen LogP contribution in [0.5, 0.6) is 0 Å². The second-order valence-electron chi connectivity index (χ2n) is 5.99. The fraction of sp³-hybridized carbons (Fsp3) is 0.263. The lowest BCUT2D eigenvalue weighted by Crippen LogP contribution is -2.43. The summed E-state index contributed by atoms with van der Waals surface area (Å²) < 4.78 is 10.5. The number of amides is 2. The highest BCUT2D eigenvalue weighted by molar-refractivity contribution is 7.99. The van der Waals surface area contributed by atoms with Gasteiger partial charge in [-0.25, -0.2) is 4.79 Å². The maximum absolute atomic E-state index is 12.4. The zero-order valence-electron chi connectivity index (χ0n) is 15.0. The molecule has 8 nitrogen and oxygen atoms in total. The topological polar surface area (TPSA) is 113 Å². The number of thioether (sulfide) groups is 1. The van der Waals surface area contributed by atoms with Gasteiger partial charge < -0.3 is 19.4 Å². The van der Waals surface area contributed by atoms with Crippen LogP contribution < -0.4 is 5.32 Å². The first-order valence-corrected chi connectivity index (χ1v) is 9.45. The average Bonchev–Trinajstić information content (AvgIpc) is 3.35. The molecule has 2 heterocycles. The molecule has 0 saturated carbocycles. The van der Waals surface area contributed by atoms with E-state index in [1.807, 2.05) is 6.07 Å². The molecule has 2 amide bonds. The van der Waals surface area contributed by atoms with Crippen molar-refractivity contribution in [3.63, 3.8) is 0 Å². The summed E-state index contributed by atoms with van der Waals surface area (Å²) in [6.07, 6.45) is 1.51. The Morgan fingerprint density at radius 2 is 2.18 bits per heavy atom. The first-order valence-electron chi connectivity index (χ1n) is 8.40. The second kappa shape index (κ2) is 8.63. The minimum Gasteiger partial charge on any atom is -0.466 e. The van der Waals surface area contributed by atoms with Gasteiger partial charge in [-0.1, -0.05) is 6.07 Å². The van der Waals surface area contributed by atoms with E-state index in [-0.39, 0.29) is 5.91 Å². The number of hydrogen-bond donors (Lipinski definition) is 1. The van der Waals surface area contributed by atoms with E-state index in [9.17, 15) is 14.4 Å². The Bertz CT molecular complexity index is 922. The predicted octanol–water partition coefficient (Wildman–Crippen LogP) is 2.30. The first kappa shape index (κ1) is 19.5. The fourth-order valence-corrected chi connectivity index (χ4v) is 4.24. The van der Waals surface area contributed by atoms with Crippen molar-refractivity contribution in [1.29, 1.82) is 5.26 Å². The molecule has 1 saturated heterocycles. The number of hydrogen-bond acceptors (Lipinski definition) is 7. The maximum atomic E-state index is 12.4. The molecule has 2 atom stereocenters. The van der Waals surface area contributed by atoms with Crippen LogP contribution in [0.25, 0.3) is 0 Å². The second-order valence-corrected chi connectivity index (χ2v) is 7.10. The zero-order valence-corrected chi connectivity index (χ0v) is 15.8. The molecule has 3 rings (SSSR count). The molecule has 1 N–H and O–H groups in total. The molecule has 1 aromatic heterocycles. The van der Waals surface area contributed by atoms with Crippen LogP contribution >= 0.6 is 11.8 Å². The molecule has 0 unspecified atom stereocenters. The van der Waals surface area contributed by atoms with Crippen LogP contribution in [0.1, 0.15) is 23.6 Å². The van der Waals surface area contributed by atoms with Crippen LogP contribution in [0.3, 0.4) is 0 Å². The third-order valence-electron chi connectivity index (χ3n) is 4.04. The van der Waals surface area contributed by atoms with Crippen LogP contribution in [0, 0.1) is 11.3 Å². The lowest BCUT2D eigenvalue weighted by molar-refractivity contribution is -0.155. The number of benzene rings is 1. The SMILES string of the molecule is CC(=O)N1[C@@H](C(=O)OCC(=O)Nc2cccc(C#N)c2)CS[C@@H]1c1ccco1. The molecule has 0 spiro atoms. The number of rotatable bonds is 5. The zero-order chi connectivity index (χ0) is 20.1. The van der Waals surface area contributed by atoms with E-state index in [1.54, 1.807) is 30.3 Å². The molecule has 0 radical (unpaired) electrons. The summed E-state index contributed by atoms with van der Waals surface area (Å²) in [6.45, 7) is 0.880. The third-order valence-corrected chi connectivity index (χ3v) is 5.33. The number of ether oxygens (including phenoxy) is 1. The standard InChI is InChI=1S/C19H17N3O5S/c1-12(23)22-15(11-28-18(22)16-6-3-7-26-16)19(25)27-10-17(24)21-14-5-2-4-13(8-14)9-20/h2-8,15,18H,10-11H2,1H3,(H,21,24)/t15-,18-/m1/s1. The van der Waals surface area contributed by atoms with Gasteiger partial charge in [-0.3, -0.25) is 9.59 Å². The Hall–Kier alpha value is -3.25. The van der Waals surface area contributed by atoms with E-state index in [1.165, 1.54) is 35.9 Å². The van der Waals surface area contributed by atoms with Crippen molar-refractivity contribution in [2.45, 2.75) is 18.3 Å². The lowest BCUT2D eigenvalue weighted by atomic mass is 10.2. The predicted molar refractivity (Wildman–Crippen MR) is 101 cm³/mol. The molecule has 144 valence electrons. The number of furan rings is 1. The van der Waals surface area contributed by atoms with E-state index in [4.69, 9.17) is 14.4 Å². The quantitative estimate of drug-likeness (QED) is 0.768. The largest absolute Gasteiger partial charge is 0.466 e. The smallest absolute Gasteiger partial charge is 0.330 e. The number of nitriles is 1. The monoisotopic (exact) mass is 399 g/mol. The minimum atomic E-state index is -0.799. The van der Waals surface area contributed by atoms with Gasteiger partial charge in [0.05, 0.1) is 17.9 Å². The van der Waals surface area contributed by atoms with Gasteiger partial charge in [0.1, 0.15) is 17.2 Å². The number of carbonyl (C=O) groups is 3. The fourth-order valence-electron chi connectivity index (χ4n) is 2.82.